The van der Waals surface area contributed by atoms with Crippen LogP contribution < -0.4 is 11.1 Å². The third-order valence-electron chi connectivity index (χ3n) is 1.18. The summed E-state index contributed by atoms with van der Waals surface area (Å²) < 4.78 is 0. The number of amides is 1. The summed E-state index contributed by atoms with van der Waals surface area (Å²) >= 11 is 1.71. The minimum Gasteiger partial charge on any atom is -0.481 e. The molecule has 0 fully saturated rings. The molecular formula is C8H18N2O3S. The van der Waals surface area contributed by atoms with Crippen molar-refractivity contribution in [1.82, 2.24) is 5.32 Å². The molecule has 84 valence electrons. The van der Waals surface area contributed by atoms with Gasteiger partial charge in [-0.2, -0.15) is 11.8 Å². The van der Waals surface area contributed by atoms with Gasteiger partial charge in [-0.25, -0.2) is 0 Å². The number of aliphatic carboxylic acids is 1. The van der Waals surface area contributed by atoms with E-state index in [-0.39, 0.29) is 11.9 Å². The zero-order valence-electron chi connectivity index (χ0n) is 8.74. The highest BCUT2D eigenvalue weighted by molar-refractivity contribution is 7.99. The van der Waals surface area contributed by atoms with E-state index in [1.54, 1.807) is 18.8 Å². The Hall–Kier alpha value is -0.750. The zero-order chi connectivity index (χ0) is 11.6. The minimum atomic E-state index is -0.833. The highest BCUT2D eigenvalue weighted by Crippen LogP contribution is 2.00. The third-order valence-corrected chi connectivity index (χ3v) is 2.16. The summed E-state index contributed by atoms with van der Waals surface area (Å²) in [4.78, 5) is 19.6. The molecule has 1 atom stereocenters. The van der Waals surface area contributed by atoms with Crippen molar-refractivity contribution >= 4 is 23.6 Å². The fraction of sp³-hybridized carbons (Fsp3) is 0.750. The second-order valence-corrected chi connectivity index (χ2v) is 3.74. The van der Waals surface area contributed by atoms with Crippen molar-refractivity contribution < 1.29 is 14.7 Å². The smallest absolute Gasteiger partial charge is 0.300 e. The predicted octanol–water partition coefficient (Wildman–Crippen LogP) is -0.0963. The molecule has 0 heterocycles. The molecule has 0 aromatic carbocycles. The van der Waals surface area contributed by atoms with Crippen LogP contribution in [0.15, 0.2) is 0 Å². The Morgan fingerprint density at radius 1 is 1.57 bits per heavy atom. The molecule has 0 aliphatic rings. The van der Waals surface area contributed by atoms with Gasteiger partial charge in [0.2, 0.25) is 5.91 Å². The summed E-state index contributed by atoms with van der Waals surface area (Å²) in [6.45, 7) is 3.14. The van der Waals surface area contributed by atoms with Gasteiger partial charge >= 0.3 is 0 Å². The van der Waals surface area contributed by atoms with E-state index >= 15 is 0 Å². The van der Waals surface area contributed by atoms with E-state index in [1.165, 1.54) is 0 Å². The third kappa shape index (κ3) is 13.8. The Bertz CT molecular complexity index is 172. The number of carboxylic acid groups (broad SMARTS) is 1. The molecule has 4 N–H and O–H groups in total. The van der Waals surface area contributed by atoms with Gasteiger partial charge in [0.1, 0.15) is 0 Å². The second-order valence-electron chi connectivity index (χ2n) is 2.42. The Labute approximate surface area is 88.4 Å². The van der Waals surface area contributed by atoms with Crippen LogP contribution in [0.4, 0.5) is 0 Å². The minimum absolute atomic E-state index is 0.176. The van der Waals surface area contributed by atoms with Crippen LogP contribution in [0.25, 0.3) is 0 Å². The monoisotopic (exact) mass is 222 g/mol. The Kier molecular flexibility index (Phi) is 11.6. The van der Waals surface area contributed by atoms with E-state index in [0.29, 0.717) is 0 Å². The van der Waals surface area contributed by atoms with Crippen molar-refractivity contribution in [2.24, 2.45) is 5.73 Å². The van der Waals surface area contributed by atoms with Crippen LogP contribution in [0.3, 0.4) is 0 Å². The maximum absolute atomic E-state index is 10.6. The molecule has 5 nitrogen and oxygen atoms in total. The van der Waals surface area contributed by atoms with Crippen molar-refractivity contribution in [1.29, 1.82) is 0 Å². The van der Waals surface area contributed by atoms with Crippen LogP contribution in [-0.4, -0.2) is 41.6 Å². The molecule has 0 aromatic heterocycles. The van der Waals surface area contributed by atoms with E-state index in [2.05, 4.69) is 12.2 Å². The standard InChI is InChI=1S/C6H14N2OS.C2H4O2/c1-3-10-4-5(8-2)6(7)9;1-2(3)4/h5,8H,3-4H2,1-2H3,(H2,7,9);1H3,(H,3,4)/t5-;/m0./s1. The normalized spacial score (nSPS) is 11.1. The van der Waals surface area contributed by atoms with Crippen molar-refractivity contribution in [3.8, 4) is 0 Å². The fourth-order valence-electron chi connectivity index (χ4n) is 0.543. The van der Waals surface area contributed by atoms with Gasteiger partial charge in [0, 0.05) is 12.7 Å². The van der Waals surface area contributed by atoms with E-state index < -0.39 is 5.97 Å². The number of hydrogen-bond acceptors (Lipinski definition) is 4. The van der Waals surface area contributed by atoms with Gasteiger partial charge in [-0.05, 0) is 12.8 Å². The van der Waals surface area contributed by atoms with E-state index in [9.17, 15) is 4.79 Å². The lowest BCUT2D eigenvalue weighted by atomic mass is 10.3. The van der Waals surface area contributed by atoms with Crippen LogP contribution >= 0.6 is 11.8 Å². The van der Waals surface area contributed by atoms with E-state index in [1.807, 2.05) is 0 Å². The van der Waals surface area contributed by atoms with E-state index in [4.69, 9.17) is 15.6 Å². The van der Waals surface area contributed by atoms with Crippen LogP contribution in [0, 0.1) is 0 Å². The quantitative estimate of drug-likeness (QED) is 0.604. The van der Waals surface area contributed by atoms with Crippen LogP contribution in [-0.2, 0) is 9.59 Å². The summed E-state index contributed by atoms with van der Waals surface area (Å²) in [6.07, 6.45) is 0. The number of nitrogens with two attached hydrogens (primary N) is 1. The average molecular weight is 222 g/mol. The summed E-state index contributed by atoms with van der Waals surface area (Å²) in [5.74, 6) is 0.678. The number of rotatable bonds is 5. The van der Waals surface area contributed by atoms with Gasteiger partial charge in [0.15, 0.2) is 0 Å². The van der Waals surface area contributed by atoms with Crippen molar-refractivity contribution in [2.45, 2.75) is 19.9 Å². The first-order valence-corrected chi connectivity index (χ1v) is 5.35. The largest absolute Gasteiger partial charge is 0.481 e. The van der Waals surface area contributed by atoms with Gasteiger partial charge in [-0.15, -0.1) is 0 Å². The van der Waals surface area contributed by atoms with Crippen LogP contribution in [0.2, 0.25) is 0 Å². The number of nitrogens with one attached hydrogen (secondary N) is 1. The van der Waals surface area contributed by atoms with Gasteiger partial charge < -0.3 is 16.2 Å². The Morgan fingerprint density at radius 3 is 2.21 bits per heavy atom. The molecule has 0 bridgehead atoms. The highest BCUT2D eigenvalue weighted by atomic mass is 32.2. The summed E-state index contributed by atoms with van der Waals surface area (Å²) in [5.41, 5.74) is 5.07. The lowest BCUT2D eigenvalue weighted by Crippen LogP contribution is -2.41. The average Bonchev–Trinajstić information content (AvgIpc) is 2.04. The van der Waals surface area contributed by atoms with Gasteiger partial charge in [-0.1, -0.05) is 6.92 Å². The van der Waals surface area contributed by atoms with Gasteiger partial charge in [-0.3, -0.25) is 9.59 Å². The lowest BCUT2D eigenvalue weighted by Gasteiger charge is -2.09. The molecule has 1 amide bonds. The lowest BCUT2D eigenvalue weighted by molar-refractivity contribution is -0.134. The molecule has 0 aliphatic carbocycles. The zero-order valence-corrected chi connectivity index (χ0v) is 9.56. The SMILES string of the molecule is CC(=O)O.CCSC[C@H](NC)C(N)=O. The summed E-state index contributed by atoms with van der Waals surface area (Å²) in [5, 5.41) is 10.3. The molecule has 0 aliphatic heterocycles. The number of likely N-dealkylation sites (N-methyl/N-ethyl adjacent to an activating group) is 1. The summed E-state index contributed by atoms with van der Waals surface area (Å²) in [6, 6.07) is -0.176. The Balaban J connectivity index is 0. The first kappa shape index (κ1) is 15.7. The summed E-state index contributed by atoms with van der Waals surface area (Å²) in [7, 11) is 1.74. The molecule has 14 heavy (non-hydrogen) atoms. The van der Waals surface area contributed by atoms with Crippen molar-refractivity contribution in [3.05, 3.63) is 0 Å². The van der Waals surface area contributed by atoms with Gasteiger partial charge in [0.05, 0.1) is 6.04 Å². The Morgan fingerprint density at radius 2 is 2.00 bits per heavy atom. The number of hydrogen-bond donors (Lipinski definition) is 3. The number of primary amides is 1. The first-order chi connectivity index (χ1) is 6.45. The molecule has 0 radical (unpaired) electrons. The van der Waals surface area contributed by atoms with Crippen LogP contribution in [0.1, 0.15) is 13.8 Å². The molecular weight excluding hydrogens is 204 g/mol. The predicted molar refractivity (Wildman–Crippen MR) is 58.4 cm³/mol. The number of carbonyl (C=O) groups excluding carboxylic acids is 1. The fourth-order valence-corrected chi connectivity index (χ4v) is 1.35. The maximum Gasteiger partial charge on any atom is 0.300 e. The molecule has 0 rings (SSSR count). The van der Waals surface area contributed by atoms with E-state index in [0.717, 1.165) is 18.4 Å². The topological polar surface area (TPSA) is 92.4 Å². The van der Waals surface area contributed by atoms with Crippen molar-refractivity contribution in [2.75, 3.05) is 18.6 Å². The second kappa shape index (κ2) is 10.3. The number of carbonyl (C=O) groups is 2. The molecule has 0 saturated carbocycles. The molecule has 0 saturated heterocycles. The molecule has 0 spiro atoms. The van der Waals surface area contributed by atoms with Crippen molar-refractivity contribution in [3.63, 3.8) is 0 Å². The molecule has 0 aromatic rings. The number of carboxylic acids is 1. The highest BCUT2D eigenvalue weighted by Gasteiger charge is 2.10. The first-order valence-electron chi connectivity index (χ1n) is 4.19. The molecule has 6 heteroatoms. The molecule has 0 unspecified atom stereocenters. The maximum atomic E-state index is 10.6. The number of thioether (sulfide) groups is 1. The van der Waals surface area contributed by atoms with Gasteiger partial charge in [0.25, 0.3) is 5.97 Å². The van der Waals surface area contributed by atoms with Crippen LogP contribution in [0.5, 0.6) is 0 Å².